The van der Waals surface area contributed by atoms with E-state index in [4.69, 9.17) is 23.2 Å². The largest absolute Gasteiger partial charge is 0.324 e. The van der Waals surface area contributed by atoms with Gasteiger partial charge in [-0.25, -0.2) is 0 Å². The van der Waals surface area contributed by atoms with E-state index >= 15 is 0 Å². The second-order valence-corrected chi connectivity index (χ2v) is 9.57. The van der Waals surface area contributed by atoms with Crippen molar-refractivity contribution in [3.8, 4) is 0 Å². The summed E-state index contributed by atoms with van der Waals surface area (Å²) in [6.45, 7) is 4.04. The van der Waals surface area contributed by atoms with Crippen LogP contribution in [0.15, 0.2) is 42.5 Å². The zero-order chi connectivity index (χ0) is 22.1. The number of amides is 3. The van der Waals surface area contributed by atoms with Crippen LogP contribution in [0.3, 0.4) is 0 Å². The third kappa shape index (κ3) is 2.78. The van der Waals surface area contributed by atoms with Crippen molar-refractivity contribution in [2.45, 2.75) is 32.0 Å². The van der Waals surface area contributed by atoms with Gasteiger partial charge >= 0.3 is 0 Å². The van der Waals surface area contributed by atoms with Crippen LogP contribution in [0, 0.1) is 17.8 Å². The van der Waals surface area contributed by atoms with Crippen LogP contribution < -0.4 is 10.6 Å². The van der Waals surface area contributed by atoms with E-state index in [0.717, 1.165) is 0 Å². The molecule has 6 nitrogen and oxygen atoms in total. The minimum atomic E-state index is -1.33. The molecule has 8 heteroatoms. The molecule has 3 aliphatic heterocycles. The number of benzene rings is 2. The average molecular weight is 458 g/mol. The second kappa shape index (κ2) is 7.05. The van der Waals surface area contributed by atoms with Crippen LogP contribution >= 0.6 is 23.2 Å². The molecule has 160 valence electrons. The van der Waals surface area contributed by atoms with Gasteiger partial charge in [0.15, 0.2) is 0 Å². The number of imide groups is 1. The van der Waals surface area contributed by atoms with E-state index in [1.807, 2.05) is 19.9 Å². The summed E-state index contributed by atoms with van der Waals surface area (Å²) in [5, 5.41) is 7.22. The molecule has 2 fully saturated rings. The van der Waals surface area contributed by atoms with Gasteiger partial charge in [-0.3, -0.25) is 24.6 Å². The van der Waals surface area contributed by atoms with Crippen LogP contribution in [-0.4, -0.2) is 28.7 Å². The Morgan fingerprint density at radius 1 is 1.06 bits per heavy atom. The highest BCUT2D eigenvalue weighted by atomic mass is 35.5. The molecular weight excluding hydrogens is 437 g/mol. The van der Waals surface area contributed by atoms with E-state index in [0.29, 0.717) is 26.9 Å². The Balaban J connectivity index is 1.63. The van der Waals surface area contributed by atoms with Crippen LogP contribution in [0.2, 0.25) is 10.0 Å². The maximum Gasteiger partial charge on any atom is 0.250 e. The minimum Gasteiger partial charge on any atom is -0.324 e. The number of fused-ring (bicyclic) bond motifs is 4. The normalized spacial score (nSPS) is 29.1. The molecular formula is C23H21Cl2N3O3. The fourth-order valence-electron chi connectivity index (χ4n) is 5.29. The number of nitrogens with zero attached hydrogens (tertiary/aromatic N) is 1. The summed E-state index contributed by atoms with van der Waals surface area (Å²) in [4.78, 5) is 41.8. The Morgan fingerprint density at radius 2 is 1.81 bits per heavy atom. The van der Waals surface area contributed by atoms with E-state index in [2.05, 4.69) is 10.6 Å². The monoisotopic (exact) mass is 457 g/mol. The third-order valence-corrected chi connectivity index (χ3v) is 7.31. The predicted molar refractivity (Wildman–Crippen MR) is 118 cm³/mol. The Hall–Kier alpha value is -2.41. The van der Waals surface area contributed by atoms with Crippen molar-refractivity contribution in [1.82, 2.24) is 10.2 Å². The summed E-state index contributed by atoms with van der Waals surface area (Å²) in [6.07, 6.45) is 0. The number of halogens is 2. The lowest BCUT2D eigenvalue weighted by Crippen LogP contribution is -2.53. The van der Waals surface area contributed by atoms with Gasteiger partial charge in [0.05, 0.1) is 18.4 Å². The summed E-state index contributed by atoms with van der Waals surface area (Å²) in [7, 11) is 0. The molecule has 0 saturated carbocycles. The zero-order valence-corrected chi connectivity index (χ0v) is 18.5. The van der Waals surface area contributed by atoms with Gasteiger partial charge in [0.25, 0.3) is 0 Å². The molecule has 3 amide bonds. The molecule has 0 bridgehead atoms. The van der Waals surface area contributed by atoms with Crippen LogP contribution in [0.25, 0.3) is 0 Å². The molecule has 3 aliphatic rings. The fourth-order valence-corrected chi connectivity index (χ4v) is 5.66. The highest BCUT2D eigenvalue weighted by Crippen LogP contribution is 2.54. The van der Waals surface area contributed by atoms with E-state index in [9.17, 15) is 14.4 Å². The Morgan fingerprint density at radius 3 is 2.52 bits per heavy atom. The van der Waals surface area contributed by atoms with Crippen LogP contribution in [0.5, 0.6) is 0 Å². The van der Waals surface area contributed by atoms with Crippen LogP contribution in [-0.2, 0) is 26.5 Å². The second-order valence-electron chi connectivity index (χ2n) is 8.72. The first-order valence-electron chi connectivity index (χ1n) is 10.2. The molecule has 0 unspecified atom stereocenters. The number of nitrogens with one attached hydrogen (secondary N) is 2. The van der Waals surface area contributed by atoms with E-state index in [1.54, 1.807) is 36.4 Å². The molecule has 31 heavy (non-hydrogen) atoms. The summed E-state index contributed by atoms with van der Waals surface area (Å²) >= 11 is 12.5. The molecule has 4 atom stereocenters. The molecule has 1 spiro atoms. The first-order valence-corrected chi connectivity index (χ1v) is 11.0. The number of carbonyl (C=O) groups excluding carboxylic acids is 3. The third-order valence-electron chi connectivity index (χ3n) is 6.71. The Labute approximate surface area is 189 Å². The van der Waals surface area contributed by atoms with Crippen molar-refractivity contribution in [3.05, 3.63) is 63.6 Å². The van der Waals surface area contributed by atoms with Gasteiger partial charge in [0.1, 0.15) is 5.54 Å². The number of hydrogen-bond donors (Lipinski definition) is 2. The Bertz CT molecular complexity index is 1130. The van der Waals surface area contributed by atoms with Crippen molar-refractivity contribution >= 4 is 46.6 Å². The number of rotatable bonds is 3. The molecule has 3 heterocycles. The SMILES string of the molecule is CC(C)[C@@H]1N[C@@]2(C(=O)Nc3ccc(Cl)cc32)[C@H]2C(=O)N(Cc3ccccc3Cl)C(=O)[C@H]12. The maximum atomic E-state index is 13.7. The highest BCUT2D eigenvalue weighted by Gasteiger charge is 2.70. The van der Waals surface area contributed by atoms with Crippen molar-refractivity contribution in [3.63, 3.8) is 0 Å². The highest BCUT2D eigenvalue weighted by molar-refractivity contribution is 6.31. The van der Waals surface area contributed by atoms with Crippen molar-refractivity contribution in [2.24, 2.45) is 17.8 Å². The maximum absolute atomic E-state index is 13.7. The topological polar surface area (TPSA) is 78.5 Å². The number of hydrogen-bond acceptors (Lipinski definition) is 4. The van der Waals surface area contributed by atoms with Gasteiger partial charge in [-0.15, -0.1) is 0 Å². The number of anilines is 1. The molecule has 2 saturated heterocycles. The number of likely N-dealkylation sites (tertiary alicyclic amines) is 1. The van der Waals surface area contributed by atoms with Gasteiger partial charge in [-0.05, 0) is 35.7 Å². The standard InChI is InChI=1S/C23H21Cl2N3O3/c1-11(2)19-17-18(21(30)28(20(17)29)10-12-5-3-4-6-15(12)25)23(27-19)14-9-13(24)7-8-16(14)26-22(23)31/h3-9,11,17-19,27H,10H2,1-2H3,(H,26,31)/t17-,18+,19-,23+/m0/s1. The van der Waals surface area contributed by atoms with Crippen molar-refractivity contribution in [2.75, 3.05) is 5.32 Å². The molecule has 0 radical (unpaired) electrons. The molecule has 0 aromatic heterocycles. The summed E-state index contributed by atoms with van der Waals surface area (Å²) in [5.74, 6) is -2.45. The molecule has 5 rings (SSSR count). The van der Waals surface area contributed by atoms with Gasteiger partial charge in [-0.2, -0.15) is 0 Å². The minimum absolute atomic E-state index is 0.0277. The lowest BCUT2D eigenvalue weighted by molar-refractivity contribution is -0.143. The first-order chi connectivity index (χ1) is 14.8. The molecule has 2 aromatic rings. The van der Waals surface area contributed by atoms with Gasteiger partial charge < -0.3 is 5.32 Å². The van der Waals surface area contributed by atoms with E-state index < -0.39 is 17.4 Å². The molecule has 2 aromatic carbocycles. The average Bonchev–Trinajstić information content (AvgIpc) is 3.31. The number of carbonyl (C=O) groups is 3. The van der Waals surface area contributed by atoms with Gasteiger partial charge in [0.2, 0.25) is 17.7 Å². The van der Waals surface area contributed by atoms with Gasteiger partial charge in [-0.1, -0.05) is 55.2 Å². The summed E-state index contributed by atoms with van der Waals surface area (Å²) in [6, 6.07) is 11.9. The first kappa shape index (κ1) is 20.5. The van der Waals surface area contributed by atoms with Crippen molar-refractivity contribution < 1.29 is 14.4 Å². The van der Waals surface area contributed by atoms with E-state index in [-0.39, 0.29) is 36.2 Å². The van der Waals surface area contributed by atoms with Gasteiger partial charge in [0, 0.05) is 27.3 Å². The van der Waals surface area contributed by atoms with Crippen LogP contribution in [0.1, 0.15) is 25.0 Å². The quantitative estimate of drug-likeness (QED) is 0.690. The lowest BCUT2D eigenvalue weighted by Gasteiger charge is -2.30. The van der Waals surface area contributed by atoms with Crippen molar-refractivity contribution in [1.29, 1.82) is 0 Å². The summed E-state index contributed by atoms with van der Waals surface area (Å²) < 4.78 is 0. The smallest absolute Gasteiger partial charge is 0.250 e. The zero-order valence-electron chi connectivity index (χ0n) is 17.0. The lowest BCUT2D eigenvalue weighted by atomic mass is 9.76. The fraction of sp³-hybridized carbons (Fsp3) is 0.348. The van der Waals surface area contributed by atoms with Crippen LogP contribution in [0.4, 0.5) is 5.69 Å². The Kier molecular flexibility index (Phi) is 4.66. The molecule has 0 aliphatic carbocycles. The summed E-state index contributed by atoms with van der Waals surface area (Å²) in [5.41, 5.74) is 0.578. The molecule has 2 N–H and O–H groups in total. The predicted octanol–water partition coefficient (Wildman–Crippen LogP) is 3.57. The van der Waals surface area contributed by atoms with E-state index in [1.165, 1.54) is 4.90 Å².